The first-order valence-corrected chi connectivity index (χ1v) is 8.93. The lowest BCUT2D eigenvalue weighted by Crippen LogP contribution is -2.14. The van der Waals surface area contributed by atoms with Gasteiger partial charge in [-0.05, 0) is 36.6 Å². The zero-order valence-corrected chi connectivity index (χ0v) is 15.1. The van der Waals surface area contributed by atoms with E-state index in [-0.39, 0.29) is 5.91 Å². The smallest absolute Gasteiger partial charge is 0.225 e. The Kier molecular flexibility index (Phi) is 4.66. The van der Waals surface area contributed by atoms with Crippen LogP contribution in [0.5, 0.6) is 0 Å². The fraction of sp³-hybridized carbons (Fsp3) is 0.136. The highest BCUT2D eigenvalue weighted by molar-refractivity contribution is 5.94. The van der Waals surface area contributed by atoms with Crippen LogP contribution in [0.4, 0.5) is 5.82 Å². The average Bonchev–Trinajstić information content (AvgIpc) is 3.05. The number of aromatic nitrogens is 3. The molecule has 27 heavy (non-hydrogen) atoms. The molecule has 0 atom stereocenters. The van der Waals surface area contributed by atoms with E-state index < -0.39 is 0 Å². The van der Waals surface area contributed by atoms with E-state index in [1.165, 1.54) is 0 Å². The van der Waals surface area contributed by atoms with Crippen LogP contribution in [-0.4, -0.2) is 20.3 Å². The van der Waals surface area contributed by atoms with Gasteiger partial charge < -0.3 is 5.32 Å². The third-order valence-corrected chi connectivity index (χ3v) is 4.43. The summed E-state index contributed by atoms with van der Waals surface area (Å²) in [7, 11) is 0. The molecule has 0 fully saturated rings. The highest BCUT2D eigenvalue weighted by Crippen LogP contribution is 2.29. The van der Waals surface area contributed by atoms with Crippen LogP contribution in [-0.2, 0) is 11.2 Å². The number of benzene rings is 1. The molecule has 1 aromatic carbocycles. The van der Waals surface area contributed by atoms with Gasteiger partial charge in [0, 0.05) is 30.6 Å². The third-order valence-electron chi connectivity index (χ3n) is 4.43. The molecule has 0 spiro atoms. The first-order valence-electron chi connectivity index (χ1n) is 8.93. The SMILES string of the molecule is Cc1ccc2nc(-c3ccccc3)c(NC(=O)CCc3cccnc3)n2c1. The largest absolute Gasteiger partial charge is 0.310 e. The number of carbonyl (C=O) groups excluding carboxylic acids is 1. The van der Waals surface area contributed by atoms with Crippen molar-refractivity contribution in [1.82, 2.24) is 14.4 Å². The van der Waals surface area contributed by atoms with Crippen molar-refractivity contribution in [3.05, 3.63) is 84.3 Å². The Hall–Kier alpha value is -3.47. The predicted octanol–water partition coefficient (Wildman–Crippen LogP) is 4.28. The summed E-state index contributed by atoms with van der Waals surface area (Å²) < 4.78 is 1.94. The molecule has 0 saturated heterocycles. The van der Waals surface area contributed by atoms with Crippen LogP contribution < -0.4 is 5.32 Å². The minimum atomic E-state index is -0.0423. The van der Waals surface area contributed by atoms with Crippen molar-refractivity contribution in [2.24, 2.45) is 0 Å². The van der Waals surface area contributed by atoms with Crippen molar-refractivity contribution in [3.63, 3.8) is 0 Å². The zero-order chi connectivity index (χ0) is 18.6. The van der Waals surface area contributed by atoms with Crippen LogP contribution in [0.3, 0.4) is 0 Å². The molecule has 3 heterocycles. The number of rotatable bonds is 5. The Morgan fingerprint density at radius 1 is 1.07 bits per heavy atom. The van der Waals surface area contributed by atoms with Gasteiger partial charge in [-0.2, -0.15) is 0 Å². The molecule has 134 valence electrons. The number of amides is 1. The van der Waals surface area contributed by atoms with Gasteiger partial charge in [0.25, 0.3) is 0 Å². The molecule has 5 heteroatoms. The number of imidazole rings is 1. The molecule has 5 nitrogen and oxygen atoms in total. The molecule has 0 bridgehead atoms. The van der Waals surface area contributed by atoms with Crippen LogP contribution in [0.25, 0.3) is 16.9 Å². The summed E-state index contributed by atoms with van der Waals surface area (Å²) in [4.78, 5) is 21.5. The van der Waals surface area contributed by atoms with E-state index in [2.05, 4.69) is 10.3 Å². The number of nitrogens with one attached hydrogen (secondary N) is 1. The maximum atomic E-state index is 12.6. The molecule has 4 aromatic rings. The molecule has 0 unspecified atom stereocenters. The molecule has 0 saturated carbocycles. The molecule has 3 aromatic heterocycles. The molecule has 0 aliphatic heterocycles. The van der Waals surface area contributed by atoms with Crippen molar-refractivity contribution in [2.45, 2.75) is 19.8 Å². The predicted molar refractivity (Wildman–Crippen MR) is 107 cm³/mol. The first kappa shape index (κ1) is 17.0. The van der Waals surface area contributed by atoms with Crippen LogP contribution in [0.15, 0.2) is 73.2 Å². The number of aryl methyl sites for hydroxylation is 2. The highest BCUT2D eigenvalue weighted by atomic mass is 16.1. The fourth-order valence-electron chi connectivity index (χ4n) is 3.07. The van der Waals surface area contributed by atoms with E-state index >= 15 is 0 Å². The second-order valence-corrected chi connectivity index (χ2v) is 6.52. The molecule has 1 amide bonds. The van der Waals surface area contributed by atoms with Crippen LogP contribution >= 0.6 is 0 Å². The van der Waals surface area contributed by atoms with E-state index in [1.54, 1.807) is 12.4 Å². The molecule has 4 rings (SSSR count). The number of fused-ring (bicyclic) bond motifs is 1. The second kappa shape index (κ2) is 7.41. The van der Waals surface area contributed by atoms with Gasteiger partial charge in [0.2, 0.25) is 5.91 Å². The summed E-state index contributed by atoms with van der Waals surface area (Å²) in [5, 5.41) is 3.07. The van der Waals surface area contributed by atoms with Gasteiger partial charge in [0.15, 0.2) is 0 Å². The number of hydrogen-bond acceptors (Lipinski definition) is 3. The van der Waals surface area contributed by atoms with Gasteiger partial charge in [0.1, 0.15) is 17.2 Å². The average molecular weight is 356 g/mol. The van der Waals surface area contributed by atoms with Crippen LogP contribution in [0.2, 0.25) is 0 Å². The molecular formula is C22H20N4O. The lowest BCUT2D eigenvalue weighted by molar-refractivity contribution is -0.116. The van der Waals surface area contributed by atoms with Crippen molar-refractivity contribution >= 4 is 17.4 Å². The molecule has 1 N–H and O–H groups in total. The summed E-state index contributed by atoms with van der Waals surface area (Å²) in [6, 6.07) is 17.8. The lowest BCUT2D eigenvalue weighted by Gasteiger charge is -2.08. The molecule has 0 radical (unpaired) electrons. The highest BCUT2D eigenvalue weighted by Gasteiger charge is 2.16. The molecular weight excluding hydrogens is 336 g/mol. The van der Waals surface area contributed by atoms with E-state index in [0.29, 0.717) is 18.7 Å². The maximum absolute atomic E-state index is 12.6. The van der Waals surface area contributed by atoms with Gasteiger partial charge in [-0.15, -0.1) is 0 Å². The standard InChI is InChI=1S/C22H20N4O/c1-16-9-11-19-24-21(18-7-3-2-4-8-18)22(26(19)15-16)25-20(27)12-10-17-6-5-13-23-14-17/h2-9,11,13-15H,10,12H2,1H3,(H,25,27). The van der Waals surface area contributed by atoms with E-state index in [4.69, 9.17) is 4.98 Å². The topological polar surface area (TPSA) is 59.3 Å². The van der Waals surface area contributed by atoms with Crippen LogP contribution in [0.1, 0.15) is 17.5 Å². The monoisotopic (exact) mass is 356 g/mol. The first-order chi connectivity index (χ1) is 13.2. The minimum absolute atomic E-state index is 0.0423. The molecule has 0 aliphatic carbocycles. The van der Waals surface area contributed by atoms with Gasteiger partial charge in [-0.3, -0.25) is 14.2 Å². The normalized spacial score (nSPS) is 10.9. The summed E-state index contributed by atoms with van der Waals surface area (Å²) in [5.74, 6) is 0.662. The van der Waals surface area contributed by atoms with Gasteiger partial charge in [0.05, 0.1) is 0 Å². The number of hydrogen-bond donors (Lipinski definition) is 1. The number of nitrogens with zero attached hydrogens (tertiary/aromatic N) is 3. The van der Waals surface area contributed by atoms with Crippen molar-refractivity contribution < 1.29 is 4.79 Å². The second-order valence-electron chi connectivity index (χ2n) is 6.52. The summed E-state index contributed by atoms with van der Waals surface area (Å²) in [5.41, 5.74) is 4.70. The summed E-state index contributed by atoms with van der Waals surface area (Å²) in [6.45, 7) is 2.02. The van der Waals surface area contributed by atoms with Gasteiger partial charge in [-0.1, -0.05) is 42.5 Å². The molecule has 0 aliphatic rings. The Morgan fingerprint density at radius 3 is 2.70 bits per heavy atom. The Morgan fingerprint density at radius 2 is 1.93 bits per heavy atom. The Balaban J connectivity index is 1.65. The lowest BCUT2D eigenvalue weighted by atomic mass is 10.1. The number of carbonyl (C=O) groups is 1. The zero-order valence-electron chi connectivity index (χ0n) is 15.1. The number of pyridine rings is 2. The Labute approximate surface area is 157 Å². The summed E-state index contributed by atoms with van der Waals surface area (Å²) >= 11 is 0. The van der Waals surface area contributed by atoms with Gasteiger partial charge in [-0.25, -0.2) is 4.98 Å². The van der Waals surface area contributed by atoms with E-state index in [0.717, 1.165) is 28.0 Å². The fourth-order valence-corrected chi connectivity index (χ4v) is 3.07. The number of anilines is 1. The minimum Gasteiger partial charge on any atom is -0.310 e. The summed E-state index contributed by atoms with van der Waals surface area (Å²) in [6.07, 6.45) is 6.55. The Bertz CT molecular complexity index is 1070. The van der Waals surface area contributed by atoms with Gasteiger partial charge >= 0.3 is 0 Å². The van der Waals surface area contributed by atoms with E-state index in [9.17, 15) is 4.79 Å². The quantitative estimate of drug-likeness (QED) is 0.581. The van der Waals surface area contributed by atoms with Crippen molar-refractivity contribution in [3.8, 4) is 11.3 Å². The van der Waals surface area contributed by atoms with Crippen LogP contribution in [0, 0.1) is 6.92 Å². The maximum Gasteiger partial charge on any atom is 0.225 e. The van der Waals surface area contributed by atoms with Crippen molar-refractivity contribution in [2.75, 3.05) is 5.32 Å². The van der Waals surface area contributed by atoms with E-state index in [1.807, 2.05) is 72.1 Å². The third kappa shape index (κ3) is 3.72. The van der Waals surface area contributed by atoms with Crippen molar-refractivity contribution in [1.29, 1.82) is 0 Å².